The third kappa shape index (κ3) is 7.75. The van der Waals surface area contributed by atoms with Crippen LogP contribution in [-0.4, -0.2) is 6.71 Å². The van der Waals surface area contributed by atoms with E-state index >= 15 is 0 Å². The maximum absolute atomic E-state index is 9.36. The Morgan fingerprint density at radius 1 is 0.487 bits per heavy atom. The quantitative estimate of drug-likeness (QED) is 0.160. The summed E-state index contributed by atoms with van der Waals surface area (Å²) in [6.45, 7) is 32.4. The van der Waals surface area contributed by atoms with E-state index in [2.05, 4.69) is 240 Å². The molecule has 1 aromatic heterocycles. The van der Waals surface area contributed by atoms with Crippen molar-refractivity contribution < 1.29 is 8.53 Å². The summed E-state index contributed by atoms with van der Waals surface area (Å²) in [5.74, 6) is 0. The lowest BCUT2D eigenvalue weighted by molar-refractivity contribution is 0.332. The van der Waals surface area contributed by atoms with Crippen molar-refractivity contribution in [3.63, 3.8) is 0 Å². The molecule has 0 atom stereocenters. The van der Waals surface area contributed by atoms with Gasteiger partial charge in [0.2, 0.25) is 0 Å². The Morgan fingerprint density at radius 2 is 1.01 bits per heavy atom. The zero-order valence-electron chi connectivity index (χ0n) is 51.8. The number of fused-ring (bicyclic) bond motifs is 9. The molecule has 0 spiro atoms. The summed E-state index contributed by atoms with van der Waals surface area (Å²) < 4.78 is 34.6. The van der Waals surface area contributed by atoms with Crippen molar-refractivity contribution >= 4 is 96.2 Å². The molecule has 0 saturated carbocycles. The molecule has 0 fully saturated rings. The normalized spacial score (nSPS) is 18.1. The summed E-state index contributed by atoms with van der Waals surface area (Å²) in [7, 11) is 0. The standard InChI is InChI=1S/C73H78BN3O/c1-44-35-63-67-64(36-44)77(60-41-57-54(37-45(60)2)72(13,14)43-73(57,15)16)62-42-56-55(70(9,10)33-34-71(56,11)12)40-59(62)74(67)58-31-29-51(39-61(58)76(63)50-30-32-66-53(38-50)52-19-17-18-20-65(52)78-66)75(48-25-21-46(22-26-48)68(3,4)5)49-27-23-47(24-28-49)69(6,7)8/h17-32,35-42H,33-34,43H2,1-16H3/i1D3. The van der Waals surface area contributed by atoms with Gasteiger partial charge in [-0.25, -0.2) is 0 Å². The van der Waals surface area contributed by atoms with Crippen LogP contribution in [0.2, 0.25) is 0 Å². The van der Waals surface area contributed by atoms with E-state index in [-0.39, 0.29) is 39.2 Å². The number of hydrogen-bond acceptors (Lipinski definition) is 4. The first-order chi connectivity index (χ1) is 37.9. The summed E-state index contributed by atoms with van der Waals surface area (Å²) in [6.07, 6.45) is 3.20. The first-order valence-electron chi connectivity index (χ1n) is 30.1. The van der Waals surface area contributed by atoms with E-state index in [9.17, 15) is 4.11 Å². The van der Waals surface area contributed by atoms with Gasteiger partial charge in [-0.05, 0) is 211 Å². The number of anilines is 9. The van der Waals surface area contributed by atoms with Crippen molar-refractivity contribution in [3.05, 3.63) is 190 Å². The molecule has 0 amide bonds. The van der Waals surface area contributed by atoms with Gasteiger partial charge in [0, 0.05) is 66.1 Å². The maximum Gasteiger partial charge on any atom is 0.252 e. The van der Waals surface area contributed by atoms with Gasteiger partial charge < -0.3 is 19.1 Å². The minimum Gasteiger partial charge on any atom is -0.456 e. The first-order valence-corrected chi connectivity index (χ1v) is 28.6. The summed E-state index contributed by atoms with van der Waals surface area (Å²) in [6, 6.07) is 54.0. The zero-order valence-corrected chi connectivity index (χ0v) is 48.8. The van der Waals surface area contributed by atoms with Gasteiger partial charge in [-0.15, -0.1) is 0 Å². The van der Waals surface area contributed by atoms with Crippen LogP contribution in [0.15, 0.2) is 150 Å². The Hall–Kier alpha value is -6.98. The van der Waals surface area contributed by atoms with Crippen LogP contribution >= 0.6 is 0 Å². The number of benzene rings is 8. The monoisotopic (exact) mass is 1030 g/mol. The van der Waals surface area contributed by atoms with Crippen LogP contribution < -0.4 is 31.1 Å². The highest BCUT2D eigenvalue weighted by molar-refractivity contribution is 7.00. The Balaban J connectivity index is 1.15. The number of hydrogen-bond donors (Lipinski definition) is 0. The van der Waals surface area contributed by atoms with Gasteiger partial charge in [-0.1, -0.05) is 158 Å². The Morgan fingerprint density at radius 3 is 1.63 bits per heavy atom. The van der Waals surface area contributed by atoms with Gasteiger partial charge in [0.1, 0.15) is 11.2 Å². The lowest BCUT2D eigenvalue weighted by Crippen LogP contribution is -2.62. The third-order valence-corrected chi connectivity index (χ3v) is 18.8. The molecule has 5 heteroatoms. The van der Waals surface area contributed by atoms with Crippen LogP contribution in [0, 0.1) is 13.8 Å². The van der Waals surface area contributed by atoms with Crippen molar-refractivity contribution in [2.45, 2.75) is 162 Å². The molecule has 0 saturated heterocycles. The Bertz CT molecular complexity index is 4010. The van der Waals surface area contributed by atoms with Crippen LogP contribution in [0.3, 0.4) is 0 Å². The molecular weight excluding hydrogens is 946 g/mol. The lowest BCUT2D eigenvalue weighted by Gasteiger charge is -2.48. The Labute approximate surface area is 469 Å². The molecule has 2 aliphatic carbocycles. The van der Waals surface area contributed by atoms with Gasteiger partial charge in [-0.3, -0.25) is 0 Å². The van der Waals surface area contributed by atoms with E-state index in [4.69, 9.17) is 4.42 Å². The molecule has 3 heterocycles. The predicted molar refractivity (Wildman–Crippen MR) is 335 cm³/mol. The van der Waals surface area contributed by atoms with Crippen LogP contribution in [0.25, 0.3) is 21.9 Å². The summed E-state index contributed by atoms with van der Waals surface area (Å²) >= 11 is 0. The first kappa shape index (κ1) is 47.1. The number of aryl methyl sites for hydroxylation is 2. The number of nitrogens with zero attached hydrogens (tertiary/aromatic N) is 3. The van der Waals surface area contributed by atoms with Gasteiger partial charge in [0.05, 0.1) is 0 Å². The molecule has 4 aliphatic rings. The largest absolute Gasteiger partial charge is 0.456 e. The molecule has 2 aliphatic heterocycles. The van der Waals surface area contributed by atoms with E-state index in [1.54, 1.807) is 0 Å². The smallest absolute Gasteiger partial charge is 0.252 e. The second-order valence-corrected chi connectivity index (χ2v) is 28.3. The highest BCUT2D eigenvalue weighted by Crippen LogP contribution is 2.55. The fraction of sp³-hybridized carbons (Fsp3) is 0.342. The van der Waals surface area contributed by atoms with Gasteiger partial charge in [0.15, 0.2) is 0 Å². The predicted octanol–water partition coefficient (Wildman–Crippen LogP) is 18.7. The fourth-order valence-electron chi connectivity index (χ4n) is 14.6. The molecule has 0 N–H and O–H groups in total. The number of rotatable bonds is 5. The zero-order chi connectivity index (χ0) is 57.5. The molecule has 394 valence electrons. The van der Waals surface area contributed by atoms with Crippen LogP contribution in [0.1, 0.15) is 165 Å². The molecule has 13 rings (SSSR count). The molecule has 78 heavy (non-hydrogen) atoms. The summed E-state index contributed by atoms with van der Waals surface area (Å²) in [5, 5.41) is 2.04. The SMILES string of the molecule is [2H]C([2H])([2H])c1cc2c3c(c1)N(c1cc4c(cc1C)C(C)(C)CC4(C)C)c1cc4c(cc1B3c1ccc(N(c3ccc(C(C)(C)C)cc3)c3ccc(C(C)(C)C)cc3)cc1N2c1ccc2oc3ccccc3c2c1)C(C)(C)CCC4(C)C. The second-order valence-electron chi connectivity index (χ2n) is 28.3. The minimum atomic E-state index is -2.43. The van der Waals surface area contributed by atoms with E-state index < -0.39 is 6.85 Å². The molecule has 4 nitrogen and oxygen atoms in total. The van der Waals surface area contributed by atoms with Crippen molar-refractivity contribution in [1.29, 1.82) is 0 Å². The topological polar surface area (TPSA) is 22.9 Å². The molecule has 0 bridgehead atoms. The molecular formula is C73H78BN3O. The van der Waals surface area contributed by atoms with E-state index in [0.717, 1.165) is 97.9 Å². The van der Waals surface area contributed by atoms with Crippen molar-refractivity contribution in [3.8, 4) is 0 Å². The molecule has 9 aromatic rings. The van der Waals surface area contributed by atoms with Gasteiger partial charge in [0.25, 0.3) is 6.71 Å². The Kier molecular flexibility index (Phi) is 10.1. The molecule has 0 unspecified atom stereocenters. The minimum absolute atomic E-state index is 0.00780. The fourth-order valence-corrected chi connectivity index (χ4v) is 14.6. The van der Waals surface area contributed by atoms with Gasteiger partial charge in [-0.2, -0.15) is 0 Å². The van der Waals surface area contributed by atoms with Gasteiger partial charge >= 0.3 is 0 Å². The average Bonchev–Trinajstić information content (AvgIpc) is 1.71. The number of para-hydroxylation sites is 1. The maximum atomic E-state index is 9.36. The van der Waals surface area contributed by atoms with E-state index in [1.165, 1.54) is 49.9 Å². The summed E-state index contributed by atoms with van der Waals surface area (Å²) in [5.41, 5.74) is 23.5. The van der Waals surface area contributed by atoms with E-state index in [0.29, 0.717) is 5.56 Å². The second kappa shape index (κ2) is 16.8. The van der Waals surface area contributed by atoms with Crippen LogP contribution in [0.4, 0.5) is 51.2 Å². The average molecular weight is 1030 g/mol. The summed E-state index contributed by atoms with van der Waals surface area (Å²) in [4.78, 5) is 7.26. The van der Waals surface area contributed by atoms with Crippen LogP contribution in [-0.2, 0) is 32.5 Å². The van der Waals surface area contributed by atoms with Crippen molar-refractivity contribution in [1.82, 2.24) is 0 Å². The van der Waals surface area contributed by atoms with Crippen LogP contribution in [0.5, 0.6) is 0 Å². The number of furan rings is 1. The van der Waals surface area contributed by atoms with Crippen molar-refractivity contribution in [2.24, 2.45) is 0 Å². The van der Waals surface area contributed by atoms with Crippen molar-refractivity contribution in [2.75, 3.05) is 14.7 Å². The highest BCUT2D eigenvalue weighted by atomic mass is 16.3. The molecule has 8 aromatic carbocycles. The lowest BCUT2D eigenvalue weighted by atomic mass is 9.33. The third-order valence-electron chi connectivity index (χ3n) is 18.8. The van der Waals surface area contributed by atoms with E-state index in [1.807, 2.05) is 24.3 Å². The highest BCUT2D eigenvalue weighted by Gasteiger charge is 2.48. The molecule has 0 radical (unpaired) electrons.